The number of methoxy groups -OCH3 is 1. The van der Waals surface area contributed by atoms with Crippen molar-refractivity contribution in [3.8, 4) is 5.75 Å². The number of carbonyl (C=O) groups excluding carboxylic acids is 2. The fraction of sp³-hybridized carbons (Fsp3) is 0.385. The summed E-state index contributed by atoms with van der Waals surface area (Å²) in [6.45, 7) is 3.70. The summed E-state index contributed by atoms with van der Waals surface area (Å²) in [7, 11) is 1.56. The van der Waals surface area contributed by atoms with Crippen LogP contribution >= 0.6 is 0 Å². The Labute approximate surface area is 107 Å². The van der Waals surface area contributed by atoms with Crippen molar-refractivity contribution in [1.82, 2.24) is 10.6 Å². The summed E-state index contributed by atoms with van der Waals surface area (Å²) < 4.78 is 5.00. The lowest BCUT2D eigenvalue weighted by atomic mass is 10.2. The number of nitrogens with one attached hydrogen (secondary N) is 2. The molecule has 2 amide bonds. The van der Waals surface area contributed by atoms with Gasteiger partial charge in [-0.05, 0) is 38.1 Å². The van der Waals surface area contributed by atoms with Crippen molar-refractivity contribution in [2.45, 2.75) is 19.9 Å². The lowest BCUT2D eigenvalue weighted by Crippen LogP contribution is -2.39. The molecular formula is C13H18N2O3. The molecule has 1 aromatic rings. The predicted octanol–water partition coefficient (Wildman–Crippen LogP) is 0.950. The molecule has 0 saturated carbocycles. The van der Waals surface area contributed by atoms with Gasteiger partial charge in [-0.1, -0.05) is 0 Å². The quantitative estimate of drug-likeness (QED) is 0.817. The van der Waals surface area contributed by atoms with E-state index in [2.05, 4.69) is 10.6 Å². The Morgan fingerprint density at radius 2 is 1.83 bits per heavy atom. The standard InChI is InChI=1S/C13H18N2O3/c1-9(2)15-12(16)8-14-13(17)10-4-6-11(18-3)7-5-10/h4-7,9H,8H2,1-3H3,(H,14,17)(H,15,16). The Morgan fingerprint density at radius 1 is 1.22 bits per heavy atom. The number of hydrogen-bond donors (Lipinski definition) is 2. The highest BCUT2D eigenvalue weighted by atomic mass is 16.5. The average molecular weight is 250 g/mol. The molecular weight excluding hydrogens is 232 g/mol. The van der Waals surface area contributed by atoms with Crippen LogP contribution in [0, 0.1) is 0 Å². The fourth-order valence-electron chi connectivity index (χ4n) is 1.38. The van der Waals surface area contributed by atoms with E-state index < -0.39 is 0 Å². The molecule has 0 radical (unpaired) electrons. The van der Waals surface area contributed by atoms with Crippen LogP contribution in [0.5, 0.6) is 5.75 Å². The van der Waals surface area contributed by atoms with Gasteiger partial charge in [0, 0.05) is 11.6 Å². The molecule has 18 heavy (non-hydrogen) atoms. The van der Waals surface area contributed by atoms with Crippen LogP contribution in [-0.4, -0.2) is 31.5 Å². The first-order chi connectivity index (χ1) is 8.52. The predicted molar refractivity (Wildman–Crippen MR) is 68.6 cm³/mol. The second-order valence-electron chi connectivity index (χ2n) is 4.13. The third kappa shape index (κ3) is 4.45. The van der Waals surface area contributed by atoms with Crippen LogP contribution in [-0.2, 0) is 4.79 Å². The van der Waals surface area contributed by atoms with Gasteiger partial charge in [0.15, 0.2) is 0 Å². The Bertz CT molecular complexity index is 413. The van der Waals surface area contributed by atoms with Crippen molar-refractivity contribution in [2.75, 3.05) is 13.7 Å². The van der Waals surface area contributed by atoms with Gasteiger partial charge in [0.1, 0.15) is 5.75 Å². The molecule has 1 aromatic carbocycles. The van der Waals surface area contributed by atoms with E-state index in [4.69, 9.17) is 4.74 Å². The molecule has 0 heterocycles. The maximum absolute atomic E-state index is 11.7. The Hall–Kier alpha value is -2.04. The molecule has 5 heteroatoms. The van der Waals surface area contributed by atoms with Gasteiger partial charge in [0.25, 0.3) is 5.91 Å². The monoisotopic (exact) mass is 250 g/mol. The molecule has 0 bridgehead atoms. The summed E-state index contributed by atoms with van der Waals surface area (Å²) in [5.74, 6) is 0.201. The first-order valence-electron chi connectivity index (χ1n) is 5.74. The van der Waals surface area contributed by atoms with E-state index in [1.807, 2.05) is 13.8 Å². The Morgan fingerprint density at radius 3 is 2.33 bits per heavy atom. The number of carbonyl (C=O) groups is 2. The minimum absolute atomic E-state index is 0.0248. The van der Waals surface area contributed by atoms with Crippen LogP contribution in [0.15, 0.2) is 24.3 Å². The summed E-state index contributed by atoms with van der Waals surface area (Å²) in [6, 6.07) is 6.75. The molecule has 0 atom stereocenters. The lowest BCUT2D eigenvalue weighted by molar-refractivity contribution is -0.120. The molecule has 98 valence electrons. The normalized spacial score (nSPS) is 10.0. The largest absolute Gasteiger partial charge is 0.497 e. The highest BCUT2D eigenvalue weighted by Gasteiger charge is 2.08. The fourth-order valence-corrected chi connectivity index (χ4v) is 1.38. The average Bonchev–Trinajstić information content (AvgIpc) is 2.35. The van der Waals surface area contributed by atoms with E-state index in [0.29, 0.717) is 11.3 Å². The molecule has 2 N–H and O–H groups in total. The first-order valence-corrected chi connectivity index (χ1v) is 5.74. The second kappa shape index (κ2) is 6.64. The molecule has 0 saturated heterocycles. The molecule has 0 unspecified atom stereocenters. The summed E-state index contributed by atoms with van der Waals surface area (Å²) in [6.07, 6.45) is 0. The van der Waals surface area contributed by atoms with E-state index in [1.54, 1.807) is 31.4 Å². The molecule has 0 spiro atoms. The third-order valence-electron chi connectivity index (χ3n) is 2.21. The van der Waals surface area contributed by atoms with Gasteiger partial charge in [-0.15, -0.1) is 0 Å². The number of hydrogen-bond acceptors (Lipinski definition) is 3. The lowest BCUT2D eigenvalue weighted by Gasteiger charge is -2.09. The molecule has 1 rings (SSSR count). The minimum Gasteiger partial charge on any atom is -0.497 e. The van der Waals surface area contributed by atoms with Gasteiger partial charge in [-0.3, -0.25) is 9.59 Å². The van der Waals surface area contributed by atoms with Crippen LogP contribution in [0.4, 0.5) is 0 Å². The molecule has 0 aliphatic heterocycles. The van der Waals surface area contributed by atoms with E-state index in [9.17, 15) is 9.59 Å². The zero-order valence-electron chi connectivity index (χ0n) is 10.8. The van der Waals surface area contributed by atoms with Crippen LogP contribution in [0.3, 0.4) is 0 Å². The maximum Gasteiger partial charge on any atom is 0.251 e. The van der Waals surface area contributed by atoms with Crippen LogP contribution in [0.1, 0.15) is 24.2 Å². The van der Waals surface area contributed by atoms with Crippen molar-refractivity contribution in [3.05, 3.63) is 29.8 Å². The van der Waals surface area contributed by atoms with E-state index >= 15 is 0 Å². The maximum atomic E-state index is 11.7. The third-order valence-corrected chi connectivity index (χ3v) is 2.21. The molecule has 0 aliphatic rings. The van der Waals surface area contributed by atoms with E-state index in [-0.39, 0.29) is 24.4 Å². The SMILES string of the molecule is COc1ccc(C(=O)NCC(=O)NC(C)C)cc1. The van der Waals surface area contributed by atoms with Crippen LogP contribution in [0.2, 0.25) is 0 Å². The van der Waals surface area contributed by atoms with Crippen LogP contribution < -0.4 is 15.4 Å². The number of rotatable bonds is 5. The number of amides is 2. The van der Waals surface area contributed by atoms with E-state index in [1.165, 1.54) is 0 Å². The highest BCUT2D eigenvalue weighted by molar-refractivity contribution is 5.96. The van der Waals surface area contributed by atoms with E-state index in [0.717, 1.165) is 0 Å². The summed E-state index contributed by atoms with van der Waals surface area (Å²) in [4.78, 5) is 23.0. The summed E-state index contributed by atoms with van der Waals surface area (Å²) in [5, 5.41) is 5.24. The smallest absolute Gasteiger partial charge is 0.251 e. The molecule has 0 aliphatic carbocycles. The first kappa shape index (κ1) is 14.0. The molecule has 0 aromatic heterocycles. The van der Waals surface area contributed by atoms with Gasteiger partial charge in [-0.25, -0.2) is 0 Å². The molecule has 5 nitrogen and oxygen atoms in total. The highest BCUT2D eigenvalue weighted by Crippen LogP contribution is 2.10. The Kier molecular flexibility index (Phi) is 5.17. The van der Waals surface area contributed by atoms with Gasteiger partial charge in [0.2, 0.25) is 5.91 Å². The summed E-state index contributed by atoms with van der Waals surface area (Å²) in [5.41, 5.74) is 0.494. The van der Waals surface area contributed by atoms with Gasteiger partial charge in [-0.2, -0.15) is 0 Å². The van der Waals surface area contributed by atoms with Gasteiger partial charge >= 0.3 is 0 Å². The Balaban J connectivity index is 2.47. The zero-order chi connectivity index (χ0) is 13.5. The van der Waals surface area contributed by atoms with Crippen molar-refractivity contribution >= 4 is 11.8 Å². The van der Waals surface area contributed by atoms with Crippen molar-refractivity contribution in [2.24, 2.45) is 0 Å². The van der Waals surface area contributed by atoms with Crippen molar-refractivity contribution in [1.29, 1.82) is 0 Å². The van der Waals surface area contributed by atoms with Crippen LogP contribution in [0.25, 0.3) is 0 Å². The zero-order valence-corrected chi connectivity index (χ0v) is 10.8. The van der Waals surface area contributed by atoms with Crippen molar-refractivity contribution < 1.29 is 14.3 Å². The topological polar surface area (TPSA) is 67.4 Å². The summed E-state index contributed by atoms with van der Waals surface area (Å²) >= 11 is 0. The van der Waals surface area contributed by atoms with Gasteiger partial charge < -0.3 is 15.4 Å². The number of ether oxygens (including phenoxy) is 1. The van der Waals surface area contributed by atoms with Crippen molar-refractivity contribution in [3.63, 3.8) is 0 Å². The molecule has 0 fully saturated rings. The van der Waals surface area contributed by atoms with Gasteiger partial charge in [0.05, 0.1) is 13.7 Å². The second-order valence-corrected chi connectivity index (χ2v) is 4.13. The minimum atomic E-state index is -0.281. The number of benzene rings is 1.